The van der Waals surface area contributed by atoms with Gasteiger partial charge in [-0.15, -0.1) is 0 Å². The molecular formula is C11H14N2O2. The minimum absolute atomic E-state index is 0.522. The number of aliphatic hydroxyl groups excluding tert-OH is 1. The van der Waals surface area contributed by atoms with Crippen LogP contribution in [0.25, 0.3) is 0 Å². The number of aliphatic hydroxyl groups is 1. The third-order valence-corrected chi connectivity index (χ3v) is 2.32. The molecule has 15 heavy (non-hydrogen) atoms. The number of nitrogens with zero attached hydrogens (tertiary/aromatic N) is 2. The van der Waals surface area contributed by atoms with Crippen molar-refractivity contribution >= 4 is 0 Å². The molecule has 1 N–H and O–H groups in total. The number of furan rings is 1. The number of aryl methyl sites for hydroxylation is 2. The topological polar surface area (TPSA) is 51.2 Å². The van der Waals surface area contributed by atoms with Crippen molar-refractivity contribution in [1.82, 2.24) is 9.78 Å². The zero-order valence-electron chi connectivity index (χ0n) is 8.84. The summed E-state index contributed by atoms with van der Waals surface area (Å²) >= 11 is 0. The highest BCUT2D eigenvalue weighted by molar-refractivity contribution is 5.17. The van der Waals surface area contributed by atoms with Crippen LogP contribution in [0.3, 0.4) is 0 Å². The quantitative estimate of drug-likeness (QED) is 0.829. The first-order chi connectivity index (χ1) is 7.15. The van der Waals surface area contributed by atoms with Gasteiger partial charge in [-0.1, -0.05) is 0 Å². The van der Waals surface area contributed by atoms with Crippen molar-refractivity contribution < 1.29 is 9.52 Å². The molecule has 2 rings (SSSR count). The van der Waals surface area contributed by atoms with E-state index in [-0.39, 0.29) is 0 Å². The highest BCUT2D eigenvalue weighted by Crippen LogP contribution is 2.19. The molecule has 1 unspecified atom stereocenters. The van der Waals surface area contributed by atoms with Gasteiger partial charge in [0, 0.05) is 25.2 Å². The Morgan fingerprint density at radius 1 is 1.60 bits per heavy atom. The Labute approximate surface area is 88.1 Å². The summed E-state index contributed by atoms with van der Waals surface area (Å²) in [5.74, 6) is 0.815. The fraction of sp³-hybridized carbons (Fsp3) is 0.364. The van der Waals surface area contributed by atoms with E-state index in [1.165, 1.54) is 0 Å². The molecule has 0 aliphatic carbocycles. The standard InChI is InChI=1S/C11H14N2O2/c1-8-3-10(7-15-8)11(14)4-9-5-12-13(2)6-9/h3,5-7,11,14H,4H2,1-2H3. The third kappa shape index (κ3) is 2.27. The van der Waals surface area contributed by atoms with E-state index in [4.69, 9.17) is 4.42 Å². The van der Waals surface area contributed by atoms with Gasteiger partial charge >= 0.3 is 0 Å². The fourth-order valence-corrected chi connectivity index (χ4v) is 1.56. The van der Waals surface area contributed by atoms with Crippen LogP contribution in [0, 0.1) is 6.92 Å². The van der Waals surface area contributed by atoms with Crippen molar-refractivity contribution in [1.29, 1.82) is 0 Å². The Morgan fingerprint density at radius 2 is 2.40 bits per heavy atom. The van der Waals surface area contributed by atoms with Crippen molar-refractivity contribution in [2.75, 3.05) is 0 Å². The summed E-state index contributed by atoms with van der Waals surface area (Å²) in [5, 5.41) is 14.0. The maximum atomic E-state index is 9.90. The second-order valence-corrected chi connectivity index (χ2v) is 3.73. The average molecular weight is 206 g/mol. The van der Waals surface area contributed by atoms with Gasteiger partial charge in [-0.05, 0) is 18.6 Å². The van der Waals surface area contributed by atoms with Gasteiger partial charge in [0.15, 0.2) is 0 Å². The lowest BCUT2D eigenvalue weighted by Gasteiger charge is -2.05. The van der Waals surface area contributed by atoms with Crippen LogP contribution >= 0.6 is 0 Å². The molecule has 4 nitrogen and oxygen atoms in total. The van der Waals surface area contributed by atoms with Crippen LogP contribution < -0.4 is 0 Å². The van der Waals surface area contributed by atoms with Crippen LogP contribution in [0.5, 0.6) is 0 Å². The zero-order chi connectivity index (χ0) is 10.8. The molecule has 0 fully saturated rings. The Morgan fingerprint density at radius 3 is 2.93 bits per heavy atom. The first kappa shape index (κ1) is 9.98. The van der Waals surface area contributed by atoms with E-state index in [1.807, 2.05) is 26.2 Å². The Hall–Kier alpha value is -1.55. The van der Waals surface area contributed by atoms with Gasteiger partial charge in [-0.3, -0.25) is 4.68 Å². The van der Waals surface area contributed by atoms with Crippen molar-refractivity contribution in [3.63, 3.8) is 0 Å². The van der Waals surface area contributed by atoms with Gasteiger partial charge < -0.3 is 9.52 Å². The normalized spacial score (nSPS) is 13.0. The van der Waals surface area contributed by atoms with Gasteiger partial charge in [0.2, 0.25) is 0 Å². The molecule has 4 heteroatoms. The summed E-state index contributed by atoms with van der Waals surface area (Å²) in [7, 11) is 1.86. The van der Waals surface area contributed by atoms with Crippen LogP contribution in [0.15, 0.2) is 29.1 Å². The largest absolute Gasteiger partial charge is 0.469 e. The highest BCUT2D eigenvalue weighted by Gasteiger charge is 2.11. The molecule has 0 aliphatic rings. The van der Waals surface area contributed by atoms with Gasteiger partial charge in [0.1, 0.15) is 5.76 Å². The van der Waals surface area contributed by atoms with Crippen LogP contribution in [-0.4, -0.2) is 14.9 Å². The van der Waals surface area contributed by atoms with Crippen molar-refractivity contribution in [3.8, 4) is 0 Å². The molecular weight excluding hydrogens is 192 g/mol. The number of hydrogen-bond acceptors (Lipinski definition) is 3. The molecule has 0 saturated heterocycles. The van der Waals surface area contributed by atoms with Crippen molar-refractivity contribution in [2.45, 2.75) is 19.4 Å². The summed E-state index contributed by atoms with van der Waals surface area (Å²) in [6.07, 6.45) is 5.29. The molecule has 2 aromatic rings. The zero-order valence-corrected chi connectivity index (χ0v) is 8.84. The number of rotatable bonds is 3. The average Bonchev–Trinajstić information content (AvgIpc) is 2.75. The summed E-state index contributed by atoms with van der Waals surface area (Å²) in [6.45, 7) is 1.86. The molecule has 0 aromatic carbocycles. The summed E-state index contributed by atoms with van der Waals surface area (Å²) in [5.41, 5.74) is 1.83. The van der Waals surface area contributed by atoms with E-state index in [2.05, 4.69) is 5.10 Å². The Balaban J connectivity index is 2.06. The second kappa shape index (κ2) is 3.90. The summed E-state index contributed by atoms with van der Waals surface area (Å²) in [4.78, 5) is 0. The predicted molar refractivity (Wildman–Crippen MR) is 55.3 cm³/mol. The SMILES string of the molecule is Cc1cc(C(O)Cc2cnn(C)c2)co1. The monoisotopic (exact) mass is 206 g/mol. The first-order valence-corrected chi connectivity index (χ1v) is 4.86. The van der Waals surface area contributed by atoms with Crippen molar-refractivity contribution in [2.24, 2.45) is 7.05 Å². The van der Waals surface area contributed by atoms with E-state index in [0.29, 0.717) is 6.42 Å². The lowest BCUT2D eigenvalue weighted by Crippen LogP contribution is -1.99. The molecule has 0 radical (unpaired) electrons. The maximum Gasteiger partial charge on any atom is 0.101 e. The van der Waals surface area contributed by atoms with Gasteiger partial charge in [-0.25, -0.2) is 0 Å². The third-order valence-electron chi connectivity index (χ3n) is 2.32. The fourth-order valence-electron chi connectivity index (χ4n) is 1.56. The van der Waals surface area contributed by atoms with Crippen molar-refractivity contribution in [3.05, 3.63) is 41.6 Å². The number of hydrogen-bond donors (Lipinski definition) is 1. The van der Waals surface area contributed by atoms with Crippen LogP contribution in [0.1, 0.15) is 23.0 Å². The lowest BCUT2D eigenvalue weighted by atomic mass is 10.1. The summed E-state index contributed by atoms with van der Waals surface area (Å²) < 4.78 is 6.87. The maximum absolute atomic E-state index is 9.90. The van der Waals surface area contributed by atoms with Crippen LogP contribution in [0.4, 0.5) is 0 Å². The van der Waals surface area contributed by atoms with Gasteiger partial charge in [0.05, 0.1) is 18.6 Å². The van der Waals surface area contributed by atoms with E-state index in [9.17, 15) is 5.11 Å². The molecule has 0 saturated carbocycles. The molecule has 2 aromatic heterocycles. The van der Waals surface area contributed by atoms with E-state index in [0.717, 1.165) is 16.9 Å². The lowest BCUT2D eigenvalue weighted by molar-refractivity contribution is 0.177. The minimum atomic E-state index is -0.522. The smallest absolute Gasteiger partial charge is 0.101 e. The molecule has 0 amide bonds. The molecule has 0 spiro atoms. The first-order valence-electron chi connectivity index (χ1n) is 4.86. The van der Waals surface area contributed by atoms with Gasteiger partial charge in [-0.2, -0.15) is 5.10 Å². The van der Waals surface area contributed by atoms with Gasteiger partial charge in [0.25, 0.3) is 0 Å². The van der Waals surface area contributed by atoms with E-state index in [1.54, 1.807) is 17.1 Å². The van der Waals surface area contributed by atoms with E-state index >= 15 is 0 Å². The van der Waals surface area contributed by atoms with Crippen LogP contribution in [0.2, 0.25) is 0 Å². The predicted octanol–water partition coefficient (Wildman–Crippen LogP) is 1.60. The second-order valence-electron chi connectivity index (χ2n) is 3.73. The molecule has 80 valence electrons. The molecule has 1 atom stereocenters. The van der Waals surface area contributed by atoms with E-state index < -0.39 is 6.10 Å². The number of aromatic nitrogens is 2. The molecule has 2 heterocycles. The molecule has 0 aliphatic heterocycles. The highest BCUT2D eigenvalue weighted by atomic mass is 16.3. The molecule has 0 bridgehead atoms. The summed E-state index contributed by atoms with van der Waals surface area (Å²) in [6, 6.07) is 1.85. The Kier molecular flexibility index (Phi) is 2.60. The van der Waals surface area contributed by atoms with Crippen LogP contribution in [-0.2, 0) is 13.5 Å². The Bertz CT molecular complexity index is 445. The minimum Gasteiger partial charge on any atom is -0.469 e.